The van der Waals surface area contributed by atoms with Crippen LogP contribution >= 0.6 is 11.8 Å². The van der Waals surface area contributed by atoms with Crippen molar-refractivity contribution in [2.45, 2.75) is 37.7 Å². The second kappa shape index (κ2) is 6.47. The van der Waals surface area contributed by atoms with E-state index in [4.69, 9.17) is 4.74 Å². The fourth-order valence-electron chi connectivity index (χ4n) is 1.56. The molecule has 0 spiro atoms. The number of nitrogens with one attached hydrogen (secondary N) is 1. The Morgan fingerprint density at radius 1 is 1.62 bits per heavy atom. The molecule has 0 aliphatic carbocycles. The Hall–Kier alpha value is -0.260. The molecule has 4 nitrogen and oxygen atoms in total. The van der Waals surface area contributed by atoms with Crippen LogP contribution in [0.3, 0.4) is 0 Å². The van der Waals surface area contributed by atoms with E-state index in [-0.39, 0.29) is 12.0 Å². The number of carbonyl (C=O) groups excluding carboxylic acids is 1. The van der Waals surface area contributed by atoms with Gasteiger partial charge in [-0.15, -0.1) is 11.8 Å². The van der Waals surface area contributed by atoms with Gasteiger partial charge in [-0.05, 0) is 27.3 Å². The predicted octanol–water partition coefficient (Wildman–Crippen LogP) is 0.921. The quantitative estimate of drug-likeness (QED) is 0.731. The van der Waals surface area contributed by atoms with Gasteiger partial charge < -0.3 is 9.64 Å². The van der Waals surface area contributed by atoms with Gasteiger partial charge >= 0.3 is 5.97 Å². The fraction of sp³-hybridized carbons (Fsp3) is 0.909. The summed E-state index contributed by atoms with van der Waals surface area (Å²) in [6.07, 6.45) is 1.06. The van der Waals surface area contributed by atoms with Gasteiger partial charge in [0.2, 0.25) is 0 Å². The summed E-state index contributed by atoms with van der Waals surface area (Å²) >= 11 is 1.81. The van der Waals surface area contributed by atoms with Crippen molar-refractivity contribution in [1.82, 2.24) is 10.2 Å². The van der Waals surface area contributed by atoms with Crippen LogP contribution in [0.2, 0.25) is 0 Å². The Bertz CT molecular complexity index is 236. The fourth-order valence-corrected chi connectivity index (χ4v) is 2.75. The molecule has 94 valence electrons. The van der Waals surface area contributed by atoms with Crippen molar-refractivity contribution in [1.29, 1.82) is 0 Å². The van der Waals surface area contributed by atoms with Gasteiger partial charge in [0.1, 0.15) is 6.04 Å². The molecule has 0 aromatic carbocycles. The zero-order chi connectivity index (χ0) is 12.1. The maximum atomic E-state index is 11.3. The Labute approximate surface area is 102 Å². The monoisotopic (exact) mass is 246 g/mol. The Morgan fingerprint density at radius 3 is 2.88 bits per heavy atom. The molecule has 1 aliphatic heterocycles. The van der Waals surface area contributed by atoms with Crippen molar-refractivity contribution in [3.05, 3.63) is 0 Å². The lowest BCUT2D eigenvalue weighted by atomic mass is 10.3. The first-order valence-electron chi connectivity index (χ1n) is 5.70. The van der Waals surface area contributed by atoms with Gasteiger partial charge in [0.25, 0.3) is 0 Å². The average molecular weight is 246 g/mol. The highest BCUT2D eigenvalue weighted by Crippen LogP contribution is 2.22. The van der Waals surface area contributed by atoms with Crippen molar-refractivity contribution in [2.24, 2.45) is 0 Å². The molecule has 0 saturated carbocycles. The maximum Gasteiger partial charge on any atom is 0.323 e. The van der Waals surface area contributed by atoms with E-state index in [0.717, 1.165) is 18.7 Å². The van der Waals surface area contributed by atoms with Crippen LogP contribution < -0.4 is 5.32 Å². The van der Waals surface area contributed by atoms with E-state index in [0.29, 0.717) is 11.4 Å². The predicted molar refractivity (Wildman–Crippen MR) is 67.6 cm³/mol. The molecule has 16 heavy (non-hydrogen) atoms. The molecule has 0 aromatic rings. The van der Waals surface area contributed by atoms with Crippen molar-refractivity contribution in [2.75, 3.05) is 26.5 Å². The summed E-state index contributed by atoms with van der Waals surface area (Å²) in [4.78, 5) is 13.6. The summed E-state index contributed by atoms with van der Waals surface area (Å²) in [5.74, 6) is 0.676. The van der Waals surface area contributed by atoms with Gasteiger partial charge in [-0.2, -0.15) is 0 Å². The number of carbonyl (C=O) groups is 1. The Morgan fingerprint density at radius 2 is 2.31 bits per heavy atom. The van der Waals surface area contributed by atoms with E-state index in [9.17, 15) is 4.79 Å². The standard InChI is InChI=1S/C11H22N2O2S/c1-8(2)13(3)6-5-10-12-9(7-16-10)11(14)15-4/h8-10,12H,5-7H2,1-4H3/t9-,10?/m1/s1. The number of hydrogen-bond acceptors (Lipinski definition) is 5. The van der Waals surface area contributed by atoms with Crippen LogP contribution in [0.5, 0.6) is 0 Å². The molecule has 1 N–H and O–H groups in total. The first-order valence-corrected chi connectivity index (χ1v) is 6.75. The molecular weight excluding hydrogens is 224 g/mol. The summed E-state index contributed by atoms with van der Waals surface area (Å²) in [6.45, 7) is 5.43. The molecule has 1 unspecified atom stereocenters. The highest BCUT2D eigenvalue weighted by Gasteiger charge is 2.30. The molecule has 1 fully saturated rings. The molecule has 5 heteroatoms. The molecule has 0 aromatic heterocycles. The summed E-state index contributed by atoms with van der Waals surface area (Å²) < 4.78 is 4.72. The maximum absolute atomic E-state index is 11.3. The van der Waals surface area contributed by atoms with Crippen LogP contribution in [0.1, 0.15) is 20.3 Å². The van der Waals surface area contributed by atoms with Gasteiger partial charge in [-0.3, -0.25) is 10.1 Å². The van der Waals surface area contributed by atoms with Crippen LogP contribution in [-0.4, -0.2) is 54.8 Å². The third kappa shape index (κ3) is 3.96. The normalized spacial score (nSPS) is 25.4. The van der Waals surface area contributed by atoms with Crippen LogP contribution in [-0.2, 0) is 9.53 Å². The van der Waals surface area contributed by atoms with E-state index >= 15 is 0 Å². The topological polar surface area (TPSA) is 41.6 Å². The van der Waals surface area contributed by atoms with Gasteiger partial charge in [0.15, 0.2) is 0 Å². The lowest BCUT2D eigenvalue weighted by Crippen LogP contribution is -2.39. The van der Waals surface area contributed by atoms with Crippen molar-refractivity contribution in [3.63, 3.8) is 0 Å². The zero-order valence-electron chi connectivity index (χ0n) is 10.5. The lowest BCUT2D eigenvalue weighted by Gasteiger charge is -2.22. The highest BCUT2D eigenvalue weighted by atomic mass is 32.2. The summed E-state index contributed by atoms with van der Waals surface area (Å²) in [5, 5.41) is 3.68. The second-order valence-corrected chi connectivity index (χ2v) is 5.66. The first kappa shape index (κ1) is 13.8. The van der Waals surface area contributed by atoms with Crippen LogP contribution in [0.4, 0.5) is 0 Å². The third-order valence-corrected chi connectivity index (χ3v) is 4.26. The number of thioether (sulfide) groups is 1. The van der Waals surface area contributed by atoms with Crippen LogP contribution in [0, 0.1) is 0 Å². The number of nitrogens with zero attached hydrogens (tertiary/aromatic N) is 1. The van der Waals surface area contributed by atoms with E-state index in [2.05, 4.69) is 31.1 Å². The van der Waals surface area contributed by atoms with E-state index in [1.165, 1.54) is 7.11 Å². The SMILES string of the molecule is COC(=O)[C@H]1CSC(CCN(C)C(C)C)N1. The van der Waals surface area contributed by atoms with Crippen molar-refractivity contribution < 1.29 is 9.53 Å². The molecule has 1 aliphatic rings. The van der Waals surface area contributed by atoms with Crippen LogP contribution in [0.25, 0.3) is 0 Å². The van der Waals surface area contributed by atoms with Gasteiger partial charge in [-0.1, -0.05) is 0 Å². The number of ether oxygens (including phenoxy) is 1. The van der Waals surface area contributed by atoms with Crippen LogP contribution in [0.15, 0.2) is 0 Å². The van der Waals surface area contributed by atoms with Gasteiger partial charge in [-0.25, -0.2) is 0 Å². The van der Waals surface area contributed by atoms with E-state index in [1.54, 1.807) is 0 Å². The summed E-state index contributed by atoms with van der Waals surface area (Å²) in [6, 6.07) is 0.451. The molecule has 0 radical (unpaired) electrons. The number of hydrogen-bond donors (Lipinski definition) is 1. The molecule has 1 rings (SSSR count). The minimum Gasteiger partial charge on any atom is -0.468 e. The summed E-state index contributed by atoms with van der Waals surface area (Å²) in [5.41, 5.74) is 0. The Balaban J connectivity index is 2.24. The Kier molecular flexibility index (Phi) is 5.58. The minimum absolute atomic E-state index is 0.121. The third-order valence-electron chi connectivity index (χ3n) is 2.96. The molecule has 1 saturated heterocycles. The second-order valence-electron chi connectivity index (χ2n) is 4.43. The van der Waals surface area contributed by atoms with Gasteiger partial charge in [0, 0.05) is 18.3 Å². The molecule has 2 atom stereocenters. The first-order chi connectivity index (χ1) is 7.54. The lowest BCUT2D eigenvalue weighted by molar-refractivity contribution is -0.142. The summed E-state index contributed by atoms with van der Waals surface area (Å²) in [7, 11) is 3.57. The number of rotatable bonds is 5. The molecule has 0 amide bonds. The molecular formula is C11H22N2O2S. The van der Waals surface area contributed by atoms with E-state index in [1.807, 2.05) is 11.8 Å². The molecule has 0 bridgehead atoms. The highest BCUT2D eigenvalue weighted by molar-refractivity contribution is 8.00. The number of esters is 1. The molecule has 1 heterocycles. The van der Waals surface area contributed by atoms with Crippen molar-refractivity contribution in [3.8, 4) is 0 Å². The zero-order valence-corrected chi connectivity index (χ0v) is 11.3. The average Bonchev–Trinajstić information content (AvgIpc) is 2.73. The number of methoxy groups -OCH3 is 1. The largest absolute Gasteiger partial charge is 0.468 e. The van der Waals surface area contributed by atoms with Crippen molar-refractivity contribution >= 4 is 17.7 Å². The van der Waals surface area contributed by atoms with E-state index < -0.39 is 0 Å². The smallest absolute Gasteiger partial charge is 0.323 e. The van der Waals surface area contributed by atoms with Gasteiger partial charge in [0.05, 0.1) is 12.5 Å². The minimum atomic E-state index is -0.146.